The van der Waals surface area contributed by atoms with Crippen molar-refractivity contribution in [1.82, 2.24) is 20.4 Å². The molecule has 4 fully saturated rings. The van der Waals surface area contributed by atoms with Gasteiger partial charge in [0.1, 0.15) is 66.3 Å². The molecule has 0 aromatic heterocycles. The van der Waals surface area contributed by atoms with Gasteiger partial charge in [-0.1, -0.05) is 26.8 Å². The van der Waals surface area contributed by atoms with Crippen molar-refractivity contribution < 1.29 is 96.5 Å². The van der Waals surface area contributed by atoms with Crippen molar-refractivity contribution >= 4 is 35.5 Å². The van der Waals surface area contributed by atoms with Crippen LogP contribution in [0, 0.1) is 23.6 Å². The smallest absolute Gasteiger partial charge is 0.414 e. The molecular weight excluding hydrogens is 1100 g/mol. The second kappa shape index (κ2) is 29.2. The van der Waals surface area contributed by atoms with E-state index >= 15 is 0 Å². The van der Waals surface area contributed by atoms with E-state index in [0.717, 1.165) is 0 Å². The Morgan fingerprint density at radius 3 is 2.19 bits per heavy atom. The highest BCUT2D eigenvalue weighted by atomic mass is 19.1. The van der Waals surface area contributed by atoms with E-state index in [9.17, 15) is 53.9 Å². The normalized spacial score (nSPS) is 38.2. The third-order valence-electron chi connectivity index (χ3n) is 17.0. The summed E-state index contributed by atoms with van der Waals surface area (Å²) in [5, 5.41) is 65.2. The van der Waals surface area contributed by atoms with E-state index in [2.05, 4.69) is 10.6 Å². The van der Waals surface area contributed by atoms with Crippen LogP contribution in [0.4, 0.5) is 19.7 Å². The first-order valence-electron chi connectivity index (χ1n) is 29.3. The van der Waals surface area contributed by atoms with Crippen molar-refractivity contribution in [2.75, 3.05) is 59.4 Å². The Bertz CT molecular complexity index is 2360. The Morgan fingerprint density at radius 1 is 0.917 bits per heavy atom. The number of anilines is 1. The molecule has 480 valence electrons. The average molecular weight is 1200 g/mol. The second-order valence-electron chi connectivity index (χ2n) is 25.6. The number of benzene rings is 1. The molecular formula is C59H98FN5O19. The zero-order chi connectivity index (χ0) is 63.1. The number of hydrogen-bond acceptors (Lipinski definition) is 21. The van der Waals surface area contributed by atoms with Crippen molar-refractivity contribution in [3.8, 4) is 0 Å². The predicted molar refractivity (Wildman–Crippen MR) is 304 cm³/mol. The van der Waals surface area contributed by atoms with E-state index in [-0.39, 0.29) is 56.8 Å². The van der Waals surface area contributed by atoms with Crippen molar-refractivity contribution in [3.05, 3.63) is 30.1 Å². The summed E-state index contributed by atoms with van der Waals surface area (Å²) in [5.41, 5.74) is -5.47. The number of ether oxygens (including phenoxy) is 9. The fourth-order valence-corrected chi connectivity index (χ4v) is 12.1. The summed E-state index contributed by atoms with van der Waals surface area (Å²) in [6.45, 7) is 21.4. The Kier molecular flexibility index (Phi) is 24.5. The van der Waals surface area contributed by atoms with Crippen molar-refractivity contribution in [2.45, 2.75) is 236 Å². The highest BCUT2D eigenvalue weighted by molar-refractivity contribution is 5.90. The number of esters is 1. The Labute approximate surface area is 494 Å². The van der Waals surface area contributed by atoms with Crippen LogP contribution < -0.4 is 15.5 Å². The molecule has 4 heterocycles. The lowest BCUT2D eigenvalue weighted by molar-refractivity contribution is -0.329. The number of likely N-dealkylation sites (N-methyl/N-ethyl adjacent to an activating group) is 2. The minimum absolute atomic E-state index is 0.00220. The van der Waals surface area contributed by atoms with Gasteiger partial charge in [-0.3, -0.25) is 19.3 Å². The molecule has 4 saturated heterocycles. The zero-order valence-electron chi connectivity index (χ0n) is 52.2. The van der Waals surface area contributed by atoms with Crippen LogP contribution in [0.25, 0.3) is 0 Å². The monoisotopic (exact) mass is 1200 g/mol. The number of aliphatic hydroxyl groups excluding tert-OH is 3. The topological polar surface area (TPSA) is 303 Å². The molecule has 21 atom stereocenters. The first kappa shape index (κ1) is 70.5. The maximum atomic E-state index is 14.6. The molecule has 0 radical (unpaired) electrons. The van der Waals surface area contributed by atoms with Gasteiger partial charge in [-0.25, -0.2) is 14.0 Å². The van der Waals surface area contributed by atoms with Gasteiger partial charge in [-0.2, -0.15) is 0 Å². The van der Waals surface area contributed by atoms with Gasteiger partial charge in [0.15, 0.2) is 18.4 Å². The number of aliphatic hydroxyl groups is 5. The largest absolute Gasteiger partial charge is 0.459 e. The van der Waals surface area contributed by atoms with Crippen LogP contribution in [0.2, 0.25) is 0 Å². The summed E-state index contributed by atoms with van der Waals surface area (Å²) >= 11 is 0. The number of rotatable bonds is 18. The van der Waals surface area contributed by atoms with Crippen LogP contribution in [0.5, 0.6) is 0 Å². The molecule has 84 heavy (non-hydrogen) atoms. The number of cyclic esters (lactones) is 2. The number of methoxy groups -OCH3 is 1. The summed E-state index contributed by atoms with van der Waals surface area (Å²) < 4.78 is 69.3. The van der Waals surface area contributed by atoms with Gasteiger partial charge >= 0.3 is 18.2 Å². The van der Waals surface area contributed by atoms with Gasteiger partial charge in [0.25, 0.3) is 0 Å². The Hall–Kier alpha value is -4.22. The summed E-state index contributed by atoms with van der Waals surface area (Å²) in [5.74, 6) is -4.92. The molecule has 1 aromatic carbocycles. The van der Waals surface area contributed by atoms with Crippen LogP contribution in [0.15, 0.2) is 24.3 Å². The number of hydrogen-bond donors (Lipinski definition) is 7. The van der Waals surface area contributed by atoms with Crippen molar-refractivity contribution in [2.24, 2.45) is 17.8 Å². The van der Waals surface area contributed by atoms with Gasteiger partial charge < -0.3 is 88.6 Å². The van der Waals surface area contributed by atoms with Crippen molar-refractivity contribution in [3.63, 3.8) is 0 Å². The lowest BCUT2D eigenvalue weighted by Gasteiger charge is -2.50. The molecule has 25 heteroatoms. The summed E-state index contributed by atoms with van der Waals surface area (Å²) in [7, 11) is 6.64. The number of halogens is 1. The molecule has 4 aliphatic heterocycles. The van der Waals surface area contributed by atoms with E-state index < -0.39 is 168 Å². The molecule has 7 N–H and O–H groups in total. The maximum Gasteiger partial charge on any atom is 0.414 e. The number of nitrogens with one attached hydrogen (secondary N) is 2. The number of Topliss-reactive ketones (excluding diaryl/α,β-unsaturated/α-hetero) is 1. The summed E-state index contributed by atoms with van der Waals surface area (Å²) in [4.78, 5) is 72.4. The van der Waals surface area contributed by atoms with E-state index in [1.807, 2.05) is 11.8 Å². The third kappa shape index (κ3) is 17.7. The van der Waals surface area contributed by atoms with E-state index in [0.29, 0.717) is 6.54 Å². The number of carbonyl (C=O) groups excluding carboxylic acids is 5. The Morgan fingerprint density at radius 2 is 1.58 bits per heavy atom. The van der Waals surface area contributed by atoms with Gasteiger partial charge in [0, 0.05) is 38.5 Å². The van der Waals surface area contributed by atoms with Crippen LogP contribution >= 0.6 is 0 Å². The first-order valence-corrected chi connectivity index (χ1v) is 29.3. The maximum absolute atomic E-state index is 14.6. The Balaban J connectivity index is 1.38. The number of ketones is 1. The third-order valence-corrected chi connectivity index (χ3v) is 17.0. The fourth-order valence-electron chi connectivity index (χ4n) is 12.1. The van der Waals surface area contributed by atoms with Gasteiger partial charge in [0.05, 0.1) is 66.4 Å². The molecule has 1 unspecified atom stereocenters. The number of nitrogens with zero attached hydrogens (tertiary/aromatic N) is 3. The molecule has 0 saturated carbocycles. The molecule has 0 bridgehead atoms. The van der Waals surface area contributed by atoms with Crippen LogP contribution in [-0.4, -0.2) is 234 Å². The lowest BCUT2D eigenvalue weighted by Crippen LogP contribution is -2.65. The SMILES string of the molecule is CC[C@H]1OC(=O)[C@H](C)[C@@H](O[C@H]2C[C@@](C)(OC)[C@@H](O)[C@H](C)O2)[C@H](C)[C@@H](O[C@@H]2O[C@H](C)[C@@H](OCC(=O)CC[C@H](NC(=O)OC(C)(C)C)C(=O)NCC3CN(c4cccc(F)c4)C(=O)O3)[C@H](N(C)C)[C@H]2O)[C@](C)(O)C[C@@H](C)CN(C)[C@H](C)[C@@H](O)[C@]1(C)O. The van der Waals surface area contributed by atoms with Crippen LogP contribution in [0.1, 0.15) is 122 Å². The molecule has 4 aliphatic rings. The highest BCUT2D eigenvalue weighted by Gasteiger charge is 2.54. The fraction of sp³-hybridized carbons (Fsp3) is 0.814. The van der Waals surface area contributed by atoms with E-state index in [1.165, 1.54) is 37.1 Å². The standard InChI is InChI=1S/C59H98FN5O19/c1-18-42-59(13,75)48(68)34(5)64(16)28-31(2)25-57(11,74)50(32(3)46(33(4)52(71)81-42)82-43-26-58(12,76-17)49(69)36(7)78-43)83-53-45(67)44(63(14)15)47(35(6)79-53)77-30-39(66)22-23-41(62-54(72)84-56(8,9)10)51(70)61-27-40-29-65(55(73)80-40)38-21-19-20-37(60)24-38/h19-21,24,31-36,40-50,53,67-69,74-75H,18,22-23,25-30H2,1-17H3,(H,61,70)(H,62,72)/t31-,32+,33-,34-,35-,36+,40?,41+,42-,43+,44-,45-,46+,47-,48-,49+,50-,53+,57-,58-,59-/m1/s1. The van der Waals surface area contributed by atoms with E-state index in [4.69, 9.17) is 42.6 Å². The van der Waals surface area contributed by atoms with E-state index in [1.54, 1.807) is 108 Å². The number of amides is 3. The van der Waals surface area contributed by atoms with Gasteiger partial charge in [0.2, 0.25) is 5.91 Å². The van der Waals surface area contributed by atoms with Crippen LogP contribution in [-0.2, 0) is 57.0 Å². The minimum Gasteiger partial charge on any atom is -0.459 e. The zero-order valence-corrected chi connectivity index (χ0v) is 52.2. The predicted octanol–water partition coefficient (Wildman–Crippen LogP) is 3.42. The minimum atomic E-state index is -1.90. The highest BCUT2D eigenvalue weighted by Crippen LogP contribution is 2.41. The second-order valence-corrected chi connectivity index (χ2v) is 25.6. The summed E-state index contributed by atoms with van der Waals surface area (Å²) in [6.07, 6.45) is -15.5. The average Bonchev–Trinajstić information content (AvgIpc) is 1.73. The van der Waals surface area contributed by atoms with Crippen LogP contribution in [0.3, 0.4) is 0 Å². The number of alkyl carbamates (subject to hydrolysis) is 1. The first-order chi connectivity index (χ1) is 38.9. The lowest BCUT2D eigenvalue weighted by atomic mass is 9.77. The molecule has 24 nitrogen and oxygen atoms in total. The van der Waals surface area contributed by atoms with Crippen molar-refractivity contribution in [1.29, 1.82) is 0 Å². The molecule has 3 amide bonds. The van der Waals surface area contributed by atoms with Gasteiger partial charge in [-0.15, -0.1) is 0 Å². The summed E-state index contributed by atoms with van der Waals surface area (Å²) in [6, 6.07) is 2.57. The molecule has 0 spiro atoms. The van der Waals surface area contributed by atoms with Gasteiger partial charge in [-0.05, 0) is 134 Å². The quantitative estimate of drug-likeness (QED) is 0.0818. The molecule has 5 rings (SSSR count). The molecule has 0 aliphatic carbocycles. The molecule has 1 aromatic rings. The number of carbonyl (C=O) groups is 5.